The van der Waals surface area contributed by atoms with Gasteiger partial charge in [0.15, 0.2) is 0 Å². The van der Waals surface area contributed by atoms with Gasteiger partial charge in [-0.2, -0.15) is 0 Å². The average molecular weight is 345 g/mol. The van der Waals surface area contributed by atoms with Gasteiger partial charge < -0.3 is 4.74 Å². The van der Waals surface area contributed by atoms with E-state index in [1.807, 2.05) is 30.3 Å². The van der Waals surface area contributed by atoms with Crippen molar-refractivity contribution < 1.29 is 9.53 Å². The van der Waals surface area contributed by atoms with Gasteiger partial charge in [-0.05, 0) is 41.3 Å². The number of aryl methyl sites for hydroxylation is 1. The van der Waals surface area contributed by atoms with Gasteiger partial charge in [0.05, 0.1) is 6.61 Å². The van der Waals surface area contributed by atoms with Crippen LogP contribution in [-0.2, 0) is 24.1 Å². The maximum atomic E-state index is 12.1. The van der Waals surface area contributed by atoms with Crippen LogP contribution in [0.5, 0.6) is 5.75 Å². The number of carbonyl (C=O) groups excluding carboxylic acids is 1. The first-order valence-electron chi connectivity index (χ1n) is 7.21. The summed E-state index contributed by atoms with van der Waals surface area (Å²) in [6.07, 6.45) is 2.90. The molecule has 21 heavy (non-hydrogen) atoms. The first-order valence-corrected chi connectivity index (χ1v) is 8.01. The largest absolute Gasteiger partial charge is 0.493 e. The Morgan fingerprint density at radius 1 is 1.10 bits per heavy atom. The number of Topliss-reactive ketones (excluding diaryl/α,β-unsaturated/α-hetero) is 1. The van der Waals surface area contributed by atoms with E-state index < -0.39 is 0 Å². The highest BCUT2D eigenvalue weighted by Crippen LogP contribution is 2.26. The van der Waals surface area contributed by atoms with Crippen LogP contribution in [-0.4, -0.2) is 12.4 Å². The first kappa shape index (κ1) is 14.3. The summed E-state index contributed by atoms with van der Waals surface area (Å²) >= 11 is 3.40. The van der Waals surface area contributed by atoms with E-state index in [1.54, 1.807) is 0 Å². The Morgan fingerprint density at radius 3 is 2.67 bits per heavy atom. The van der Waals surface area contributed by atoms with Crippen molar-refractivity contribution in [2.24, 2.45) is 0 Å². The zero-order valence-corrected chi connectivity index (χ0v) is 13.4. The molecular weight excluding hydrogens is 328 g/mol. The molecule has 0 aliphatic carbocycles. The molecule has 0 radical (unpaired) electrons. The molecule has 2 aromatic carbocycles. The Kier molecular flexibility index (Phi) is 4.39. The molecule has 0 N–H and O–H groups in total. The minimum absolute atomic E-state index is 0.286. The number of rotatable bonds is 5. The van der Waals surface area contributed by atoms with Crippen LogP contribution in [0.15, 0.2) is 46.9 Å². The molecule has 2 aromatic rings. The van der Waals surface area contributed by atoms with Gasteiger partial charge in [-0.25, -0.2) is 0 Å². The van der Waals surface area contributed by atoms with E-state index in [2.05, 4.69) is 28.1 Å². The van der Waals surface area contributed by atoms with Gasteiger partial charge >= 0.3 is 0 Å². The maximum absolute atomic E-state index is 12.1. The standard InChI is InChI=1S/C18H17BrO2/c19-16-5-1-14(2-6-16)12-17(20)7-3-13-4-8-18-15(11-13)9-10-21-18/h1-2,4-6,8,11H,3,7,9-10,12H2. The van der Waals surface area contributed by atoms with Crippen molar-refractivity contribution in [3.63, 3.8) is 0 Å². The number of ketones is 1. The third-order valence-corrected chi connectivity index (χ3v) is 4.29. The van der Waals surface area contributed by atoms with Gasteiger partial charge in [0.2, 0.25) is 0 Å². The highest BCUT2D eigenvalue weighted by Gasteiger charge is 2.12. The zero-order chi connectivity index (χ0) is 14.7. The normalized spacial score (nSPS) is 12.8. The molecule has 0 unspecified atom stereocenters. The van der Waals surface area contributed by atoms with E-state index in [0.717, 1.165) is 35.2 Å². The molecule has 2 nitrogen and oxygen atoms in total. The molecule has 1 heterocycles. The summed E-state index contributed by atoms with van der Waals surface area (Å²) in [6, 6.07) is 14.2. The fourth-order valence-corrected chi connectivity index (χ4v) is 2.86. The zero-order valence-electron chi connectivity index (χ0n) is 11.8. The Balaban J connectivity index is 1.55. The number of fused-ring (bicyclic) bond motifs is 1. The number of ether oxygens (including phenoxy) is 1. The van der Waals surface area contributed by atoms with E-state index in [1.165, 1.54) is 11.1 Å². The second kappa shape index (κ2) is 6.44. The lowest BCUT2D eigenvalue weighted by Gasteiger charge is -2.05. The average Bonchev–Trinajstić information content (AvgIpc) is 2.95. The molecule has 0 saturated carbocycles. The van der Waals surface area contributed by atoms with E-state index in [0.29, 0.717) is 12.8 Å². The predicted octanol–water partition coefficient (Wildman–Crippen LogP) is 4.13. The van der Waals surface area contributed by atoms with Crippen molar-refractivity contribution in [2.45, 2.75) is 25.7 Å². The van der Waals surface area contributed by atoms with Crippen molar-refractivity contribution in [2.75, 3.05) is 6.61 Å². The van der Waals surface area contributed by atoms with Crippen molar-refractivity contribution in [1.29, 1.82) is 0 Å². The minimum atomic E-state index is 0.286. The second-order valence-corrected chi connectivity index (χ2v) is 6.30. The predicted molar refractivity (Wildman–Crippen MR) is 86.8 cm³/mol. The van der Waals surface area contributed by atoms with Crippen LogP contribution in [0.2, 0.25) is 0 Å². The molecule has 3 heteroatoms. The van der Waals surface area contributed by atoms with E-state index in [9.17, 15) is 4.79 Å². The molecule has 0 atom stereocenters. The van der Waals surface area contributed by atoms with Crippen molar-refractivity contribution in [3.05, 3.63) is 63.6 Å². The van der Waals surface area contributed by atoms with Crippen molar-refractivity contribution >= 4 is 21.7 Å². The summed E-state index contributed by atoms with van der Waals surface area (Å²) in [5.74, 6) is 1.29. The summed E-state index contributed by atoms with van der Waals surface area (Å²) < 4.78 is 6.54. The monoisotopic (exact) mass is 344 g/mol. The smallest absolute Gasteiger partial charge is 0.137 e. The third kappa shape index (κ3) is 3.73. The number of hydrogen-bond donors (Lipinski definition) is 0. The fourth-order valence-electron chi connectivity index (χ4n) is 2.60. The molecule has 0 aromatic heterocycles. The molecule has 1 aliphatic rings. The molecule has 0 fully saturated rings. The highest BCUT2D eigenvalue weighted by molar-refractivity contribution is 9.10. The van der Waals surface area contributed by atoms with Crippen LogP contribution in [0.3, 0.4) is 0 Å². The molecule has 3 rings (SSSR count). The van der Waals surface area contributed by atoms with Gasteiger partial charge in [-0.1, -0.05) is 40.2 Å². The lowest BCUT2D eigenvalue weighted by atomic mass is 10.0. The number of hydrogen-bond acceptors (Lipinski definition) is 2. The maximum Gasteiger partial charge on any atom is 0.137 e. The highest BCUT2D eigenvalue weighted by atomic mass is 79.9. The van der Waals surface area contributed by atoms with E-state index >= 15 is 0 Å². The van der Waals surface area contributed by atoms with Gasteiger partial charge in [-0.15, -0.1) is 0 Å². The fraction of sp³-hybridized carbons (Fsp3) is 0.278. The third-order valence-electron chi connectivity index (χ3n) is 3.76. The lowest BCUT2D eigenvalue weighted by molar-refractivity contribution is -0.118. The van der Waals surface area contributed by atoms with Crippen molar-refractivity contribution in [1.82, 2.24) is 0 Å². The quantitative estimate of drug-likeness (QED) is 0.815. The summed E-state index contributed by atoms with van der Waals surface area (Å²) in [4.78, 5) is 12.1. The Hall–Kier alpha value is -1.61. The number of carbonyl (C=O) groups is 1. The Morgan fingerprint density at radius 2 is 1.86 bits per heavy atom. The van der Waals surface area contributed by atoms with Crippen LogP contribution in [0.1, 0.15) is 23.1 Å². The van der Waals surface area contributed by atoms with Crippen LogP contribution >= 0.6 is 15.9 Å². The van der Waals surface area contributed by atoms with Gasteiger partial charge in [0.25, 0.3) is 0 Å². The summed E-state index contributed by atoms with van der Waals surface area (Å²) in [5.41, 5.74) is 3.57. The van der Waals surface area contributed by atoms with Gasteiger partial charge in [0.1, 0.15) is 11.5 Å². The molecule has 0 bridgehead atoms. The molecule has 0 spiro atoms. The van der Waals surface area contributed by atoms with E-state index in [-0.39, 0.29) is 5.78 Å². The SMILES string of the molecule is O=C(CCc1ccc2c(c1)CCO2)Cc1ccc(Br)cc1. The Labute approximate surface area is 133 Å². The number of benzene rings is 2. The molecule has 1 aliphatic heterocycles. The molecule has 108 valence electrons. The topological polar surface area (TPSA) is 26.3 Å². The van der Waals surface area contributed by atoms with Crippen LogP contribution in [0, 0.1) is 0 Å². The minimum Gasteiger partial charge on any atom is -0.493 e. The summed E-state index contributed by atoms with van der Waals surface area (Å²) in [7, 11) is 0. The van der Waals surface area contributed by atoms with Gasteiger partial charge in [-0.3, -0.25) is 4.79 Å². The van der Waals surface area contributed by atoms with Gasteiger partial charge in [0, 0.05) is 23.7 Å². The molecule has 0 saturated heterocycles. The van der Waals surface area contributed by atoms with Crippen LogP contribution in [0.25, 0.3) is 0 Å². The van der Waals surface area contributed by atoms with Crippen LogP contribution in [0.4, 0.5) is 0 Å². The molecule has 0 amide bonds. The van der Waals surface area contributed by atoms with E-state index in [4.69, 9.17) is 4.74 Å². The summed E-state index contributed by atoms with van der Waals surface area (Å²) in [6.45, 7) is 0.779. The first-order chi connectivity index (χ1) is 10.2. The lowest BCUT2D eigenvalue weighted by Crippen LogP contribution is -2.04. The van der Waals surface area contributed by atoms with Crippen molar-refractivity contribution in [3.8, 4) is 5.75 Å². The Bertz CT molecular complexity index is 647. The summed E-state index contributed by atoms with van der Waals surface area (Å²) in [5, 5.41) is 0. The number of halogens is 1. The molecular formula is C18H17BrO2. The second-order valence-electron chi connectivity index (χ2n) is 5.38. The van der Waals surface area contributed by atoms with Crippen LogP contribution < -0.4 is 4.74 Å².